The first-order valence-electron chi connectivity index (χ1n) is 6.34. The number of hydrogen-bond donors (Lipinski definition) is 1. The summed E-state index contributed by atoms with van der Waals surface area (Å²) in [4.78, 5) is 0. The fraction of sp³-hybridized carbons (Fsp3) is 0.250. The molecule has 0 heterocycles. The van der Waals surface area contributed by atoms with E-state index in [1.165, 1.54) is 12.1 Å². The van der Waals surface area contributed by atoms with Crippen molar-refractivity contribution < 1.29 is 13.5 Å². The van der Waals surface area contributed by atoms with E-state index >= 15 is 0 Å². The van der Waals surface area contributed by atoms with Gasteiger partial charge in [-0.05, 0) is 54.9 Å². The van der Waals surface area contributed by atoms with Crippen LogP contribution < -0.4 is 10.1 Å². The Hall–Kier alpha value is -1.94. The molecule has 0 amide bonds. The first-order chi connectivity index (χ1) is 9.56. The molecule has 0 aliphatic heterocycles. The molecule has 0 unspecified atom stereocenters. The molecule has 0 fully saturated rings. The molecule has 2 aromatic carbocycles. The highest BCUT2D eigenvalue weighted by molar-refractivity contribution is 5.69. The van der Waals surface area contributed by atoms with Crippen LogP contribution >= 0.6 is 0 Å². The molecule has 20 heavy (non-hydrogen) atoms. The molecule has 1 N–H and O–H groups in total. The summed E-state index contributed by atoms with van der Waals surface area (Å²) in [6, 6.07) is 7.77. The average Bonchev–Trinajstić information content (AvgIpc) is 2.43. The minimum atomic E-state index is -0.425. The smallest absolute Gasteiger partial charge is 0.131 e. The number of hydrogen-bond acceptors (Lipinski definition) is 2. The third-order valence-corrected chi connectivity index (χ3v) is 3.22. The van der Waals surface area contributed by atoms with Crippen LogP contribution in [0.4, 0.5) is 8.78 Å². The zero-order chi connectivity index (χ0) is 14.7. The lowest BCUT2D eigenvalue weighted by Crippen LogP contribution is -2.07. The normalized spacial score (nSPS) is 10.7. The predicted octanol–water partition coefficient (Wildman–Crippen LogP) is 3.67. The Kier molecular flexibility index (Phi) is 4.35. The standard InChI is InChI=1S/C16H17F2NO/c1-10-6-16(18)14(8-15(10)17)13-5-4-12(20-3)7-11(13)9-19-2/h4-8,19H,9H2,1-3H3. The second kappa shape index (κ2) is 6.01. The van der Waals surface area contributed by atoms with E-state index in [1.54, 1.807) is 33.2 Å². The quantitative estimate of drug-likeness (QED) is 0.920. The maximum absolute atomic E-state index is 14.1. The van der Waals surface area contributed by atoms with Crippen LogP contribution in [0.1, 0.15) is 11.1 Å². The van der Waals surface area contributed by atoms with Gasteiger partial charge in [0.05, 0.1) is 7.11 Å². The van der Waals surface area contributed by atoms with Crippen molar-refractivity contribution in [2.75, 3.05) is 14.2 Å². The molecule has 0 aromatic heterocycles. The van der Waals surface area contributed by atoms with Crippen molar-refractivity contribution in [3.63, 3.8) is 0 Å². The van der Waals surface area contributed by atoms with Crippen LogP contribution in [0.5, 0.6) is 5.75 Å². The average molecular weight is 277 g/mol. The Bertz CT molecular complexity index is 626. The molecule has 2 rings (SSSR count). The number of nitrogens with one attached hydrogen (secondary N) is 1. The second-order valence-electron chi connectivity index (χ2n) is 4.63. The lowest BCUT2D eigenvalue weighted by Gasteiger charge is -2.13. The summed E-state index contributed by atoms with van der Waals surface area (Å²) in [5.74, 6) is -0.147. The van der Waals surface area contributed by atoms with E-state index in [-0.39, 0.29) is 5.56 Å². The van der Waals surface area contributed by atoms with E-state index in [1.807, 2.05) is 6.07 Å². The zero-order valence-electron chi connectivity index (χ0n) is 11.8. The molecule has 0 atom stereocenters. The largest absolute Gasteiger partial charge is 0.497 e. The summed E-state index contributed by atoms with van der Waals surface area (Å²) in [6.45, 7) is 2.09. The van der Waals surface area contributed by atoms with Crippen molar-refractivity contribution in [2.24, 2.45) is 0 Å². The van der Waals surface area contributed by atoms with E-state index < -0.39 is 11.6 Å². The van der Waals surface area contributed by atoms with E-state index in [0.717, 1.165) is 5.56 Å². The van der Waals surface area contributed by atoms with Crippen LogP contribution in [0.2, 0.25) is 0 Å². The van der Waals surface area contributed by atoms with Crippen LogP contribution in [-0.4, -0.2) is 14.2 Å². The van der Waals surface area contributed by atoms with Gasteiger partial charge in [-0.15, -0.1) is 0 Å². The van der Waals surface area contributed by atoms with Gasteiger partial charge in [0.1, 0.15) is 17.4 Å². The Morgan fingerprint density at radius 3 is 2.45 bits per heavy atom. The van der Waals surface area contributed by atoms with Crippen molar-refractivity contribution in [3.05, 3.63) is 53.1 Å². The number of methoxy groups -OCH3 is 1. The van der Waals surface area contributed by atoms with E-state index in [0.29, 0.717) is 23.4 Å². The summed E-state index contributed by atoms with van der Waals surface area (Å²) in [5.41, 5.74) is 2.08. The molecule has 2 nitrogen and oxygen atoms in total. The van der Waals surface area contributed by atoms with Crippen molar-refractivity contribution in [2.45, 2.75) is 13.5 Å². The molecule has 0 saturated carbocycles. The molecule has 106 valence electrons. The highest BCUT2D eigenvalue weighted by Gasteiger charge is 2.13. The molecular weight excluding hydrogens is 260 g/mol. The lowest BCUT2D eigenvalue weighted by atomic mass is 9.97. The Morgan fingerprint density at radius 2 is 1.80 bits per heavy atom. The minimum absolute atomic E-state index is 0.265. The predicted molar refractivity (Wildman–Crippen MR) is 75.8 cm³/mol. The number of benzene rings is 2. The van der Waals surface area contributed by atoms with Gasteiger partial charge in [0.15, 0.2) is 0 Å². The highest BCUT2D eigenvalue weighted by atomic mass is 19.1. The molecule has 2 aromatic rings. The molecule has 0 aliphatic rings. The van der Waals surface area contributed by atoms with E-state index in [4.69, 9.17) is 4.74 Å². The number of rotatable bonds is 4. The van der Waals surface area contributed by atoms with Gasteiger partial charge in [0, 0.05) is 12.1 Å². The van der Waals surface area contributed by atoms with Crippen molar-refractivity contribution in [1.82, 2.24) is 5.32 Å². The van der Waals surface area contributed by atoms with Crippen molar-refractivity contribution >= 4 is 0 Å². The van der Waals surface area contributed by atoms with Gasteiger partial charge in [-0.3, -0.25) is 0 Å². The Balaban J connectivity index is 2.59. The molecule has 4 heteroatoms. The monoisotopic (exact) mass is 277 g/mol. The first-order valence-corrected chi connectivity index (χ1v) is 6.34. The fourth-order valence-electron chi connectivity index (χ4n) is 2.15. The van der Waals surface area contributed by atoms with E-state index in [2.05, 4.69) is 5.32 Å². The SMILES string of the molecule is CNCc1cc(OC)ccc1-c1cc(F)c(C)cc1F. The zero-order valence-corrected chi connectivity index (χ0v) is 11.8. The van der Waals surface area contributed by atoms with Gasteiger partial charge in [0.25, 0.3) is 0 Å². The maximum Gasteiger partial charge on any atom is 0.131 e. The lowest BCUT2D eigenvalue weighted by molar-refractivity contribution is 0.414. The van der Waals surface area contributed by atoms with Gasteiger partial charge in [0.2, 0.25) is 0 Å². The highest BCUT2D eigenvalue weighted by Crippen LogP contribution is 2.30. The van der Waals surface area contributed by atoms with Crippen LogP contribution in [-0.2, 0) is 6.54 Å². The number of ether oxygens (including phenoxy) is 1. The van der Waals surface area contributed by atoms with Crippen LogP contribution in [0.25, 0.3) is 11.1 Å². The van der Waals surface area contributed by atoms with Gasteiger partial charge in [-0.1, -0.05) is 6.07 Å². The van der Waals surface area contributed by atoms with Crippen molar-refractivity contribution in [1.29, 1.82) is 0 Å². The minimum Gasteiger partial charge on any atom is -0.497 e. The van der Waals surface area contributed by atoms with Crippen LogP contribution in [0.3, 0.4) is 0 Å². The van der Waals surface area contributed by atoms with Crippen LogP contribution in [0, 0.1) is 18.6 Å². The van der Waals surface area contributed by atoms with Gasteiger partial charge in [-0.25, -0.2) is 8.78 Å². The molecule has 0 radical (unpaired) electrons. The molecule has 0 aliphatic carbocycles. The first kappa shape index (κ1) is 14.5. The fourth-order valence-corrected chi connectivity index (χ4v) is 2.15. The Labute approximate surface area is 117 Å². The summed E-state index contributed by atoms with van der Waals surface area (Å²) in [6.07, 6.45) is 0. The van der Waals surface area contributed by atoms with Gasteiger partial charge < -0.3 is 10.1 Å². The summed E-state index contributed by atoms with van der Waals surface area (Å²) in [5, 5.41) is 3.02. The number of aryl methyl sites for hydroxylation is 1. The maximum atomic E-state index is 14.1. The van der Waals surface area contributed by atoms with Crippen LogP contribution in [0.15, 0.2) is 30.3 Å². The third kappa shape index (κ3) is 2.80. The Morgan fingerprint density at radius 1 is 1.05 bits per heavy atom. The number of halogens is 2. The topological polar surface area (TPSA) is 21.3 Å². The molecule has 0 saturated heterocycles. The molecular formula is C16H17F2NO. The molecule has 0 bridgehead atoms. The summed E-state index contributed by atoms with van der Waals surface area (Å²) >= 11 is 0. The third-order valence-electron chi connectivity index (χ3n) is 3.22. The van der Waals surface area contributed by atoms with Crippen molar-refractivity contribution in [3.8, 4) is 16.9 Å². The second-order valence-corrected chi connectivity index (χ2v) is 4.63. The molecule has 0 spiro atoms. The summed E-state index contributed by atoms with van der Waals surface area (Å²) in [7, 11) is 3.37. The summed E-state index contributed by atoms with van der Waals surface area (Å²) < 4.78 is 33.0. The van der Waals surface area contributed by atoms with Gasteiger partial charge >= 0.3 is 0 Å². The van der Waals surface area contributed by atoms with E-state index in [9.17, 15) is 8.78 Å². The van der Waals surface area contributed by atoms with Gasteiger partial charge in [-0.2, -0.15) is 0 Å².